The summed E-state index contributed by atoms with van der Waals surface area (Å²) in [5, 5.41) is 12.5. The number of aromatic hydroxyl groups is 1. The van der Waals surface area contributed by atoms with Gasteiger partial charge in [0.1, 0.15) is 0 Å². The summed E-state index contributed by atoms with van der Waals surface area (Å²) in [6.45, 7) is 0. The van der Waals surface area contributed by atoms with Crippen LogP contribution >= 0.6 is 35.0 Å². The Labute approximate surface area is 157 Å². The first kappa shape index (κ1) is 17.5. The zero-order valence-electron chi connectivity index (χ0n) is 12.5. The molecule has 2 N–H and O–H groups in total. The van der Waals surface area contributed by atoms with Crippen molar-refractivity contribution in [3.63, 3.8) is 0 Å². The SMILES string of the molecule is O=C1NC(=NC(=O)c2ccccc2)S/C1=C\c1cc(Cl)c(O)c(Cl)c1. The Kier molecular flexibility index (Phi) is 5.13. The third-order valence-electron chi connectivity index (χ3n) is 3.21. The molecule has 5 nitrogen and oxygen atoms in total. The van der Waals surface area contributed by atoms with E-state index >= 15 is 0 Å². The van der Waals surface area contributed by atoms with Crippen molar-refractivity contribution < 1.29 is 14.7 Å². The molecule has 1 heterocycles. The third-order valence-corrected chi connectivity index (χ3v) is 4.70. The number of phenolic OH excluding ortho intramolecular Hbond substituents is 1. The van der Waals surface area contributed by atoms with Crippen LogP contribution in [0.3, 0.4) is 0 Å². The molecule has 0 unspecified atom stereocenters. The van der Waals surface area contributed by atoms with E-state index in [0.29, 0.717) is 16.0 Å². The van der Waals surface area contributed by atoms with E-state index in [1.807, 2.05) is 0 Å². The fourth-order valence-corrected chi connectivity index (χ4v) is 3.36. The van der Waals surface area contributed by atoms with Gasteiger partial charge >= 0.3 is 0 Å². The smallest absolute Gasteiger partial charge is 0.279 e. The van der Waals surface area contributed by atoms with Crippen LogP contribution in [0.25, 0.3) is 6.08 Å². The lowest BCUT2D eigenvalue weighted by Crippen LogP contribution is -2.20. The molecule has 1 fully saturated rings. The highest BCUT2D eigenvalue weighted by Crippen LogP contribution is 2.34. The maximum Gasteiger partial charge on any atom is 0.279 e. The van der Waals surface area contributed by atoms with Crippen molar-refractivity contribution in [1.82, 2.24) is 5.32 Å². The van der Waals surface area contributed by atoms with Crippen molar-refractivity contribution in [2.45, 2.75) is 0 Å². The summed E-state index contributed by atoms with van der Waals surface area (Å²) in [7, 11) is 0. The normalized spacial score (nSPS) is 17.1. The second kappa shape index (κ2) is 7.31. The van der Waals surface area contributed by atoms with Gasteiger partial charge in [-0.15, -0.1) is 0 Å². The molecule has 0 radical (unpaired) electrons. The Hall–Kier alpha value is -2.28. The van der Waals surface area contributed by atoms with Gasteiger partial charge in [0.2, 0.25) is 0 Å². The second-order valence-electron chi connectivity index (χ2n) is 4.99. The van der Waals surface area contributed by atoms with Crippen molar-refractivity contribution in [3.05, 3.63) is 68.5 Å². The van der Waals surface area contributed by atoms with Crippen LogP contribution in [0.4, 0.5) is 0 Å². The van der Waals surface area contributed by atoms with Gasteiger partial charge in [-0.1, -0.05) is 41.4 Å². The highest BCUT2D eigenvalue weighted by molar-refractivity contribution is 8.18. The predicted octanol–water partition coefficient (Wildman–Crippen LogP) is 4.10. The summed E-state index contributed by atoms with van der Waals surface area (Å²) >= 11 is 12.8. The third kappa shape index (κ3) is 4.04. The minimum Gasteiger partial charge on any atom is -0.505 e. The van der Waals surface area contributed by atoms with E-state index in [2.05, 4.69) is 10.3 Å². The highest BCUT2D eigenvalue weighted by atomic mass is 35.5. The fraction of sp³-hybridized carbons (Fsp3) is 0. The number of aliphatic imine (C=N–C) groups is 1. The number of phenols is 1. The molecule has 0 aliphatic carbocycles. The fourth-order valence-electron chi connectivity index (χ4n) is 2.04. The van der Waals surface area contributed by atoms with Crippen molar-refractivity contribution >= 4 is 58.0 Å². The molecule has 1 aliphatic heterocycles. The number of carbonyl (C=O) groups excluding carboxylic acids is 2. The van der Waals surface area contributed by atoms with Crippen LogP contribution in [-0.4, -0.2) is 22.1 Å². The number of halogens is 2. The molecule has 25 heavy (non-hydrogen) atoms. The lowest BCUT2D eigenvalue weighted by Gasteiger charge is -2.02. The lowest BCUT2D eigenvalue weighted by molar-refractivity contribution is -0.115. The Morgan fingerprint density at radius 1 is 1.16 bits per heavy atom. The molecule has 0 saturated carbocycles. The van der Waals surface area contributed by atoms with Gasteiger partial charge in [0, 0.05) is 5.56 Å². The first-order chi connectivity index (χ1) is 11.9. The van der Waals surface area contributed by atoms with Crippen LogP contribution in [0.2, 0.25) is 10.0 Å². The van der Waals surface area contributed by atoms with Crippen molar-refractivity contribution in [1.29, 1.82) is 0 Å². The predicted molar refractivity (Wildman–Crippen MR) is 100 cm³/mol. The Balaban J connectivity index is 1.83. The first-order valence-corrected chi connectivity index (χ1v) is 8.58. The van der Waals surface area contributed by atoms with Crippen LogP contribution in [0, 0.1) is 0 Å². The number of amidine groups is 1. The molecule has 0 bridgehead atoms. The van der Waals surface area contributed by atoms with Gasteiger partial charge in [0.15, 0.2) is 10.9 Å². The molecule has 2 aromatic rings. The molecule has 3 rings (SSSR count). The number of hydrogen-bond donors (Lipinski definition) is 2. The zero-order valence-corrected chi connectivity index (χ0v) is 14.8. The molecule has 1 aliphatic rings. The lowest BCUT2D eigenvalue weighted by atomic mass is 10.2. The molecular weight excluding hydrogens is 383 g/mol. The van der Waals surface area contributed by atoms with Gasteiger partial charge < -0.3 is 10.4 Å². The van der Waals surface area contributed by atoms with E-state index in [1.54, 1.807) is 36.4 Å². The van der Waals surface area contributed by atoms with Gasteiger partial charge in [-0.05, 0) is 47.7 Å². The standard InChI is InChI=1S/C17H10Cl2N2O3S/c18-11-6-9(7-12(19)14(11)22)8-13-16(24)21-17(25-13)20-15(23)10-4-2-1-3-5-10/h1-8,22H,(H,20,21,23,24)/b13-8-. The van der Waals surface area contributed by atoms with Gasteiger partial charge in [-0.3, -0.25) is 9.59 Å². The van der Waals surface area contributed by atoms with Crippen molar-refractivity contribution in [2.75, 3.05) is 0 Å². The van der Waals surface area contributed by atoms with E-state index in [4.69, 9.17) is 23.2 Å². The Morgan fingerprint density at radius 2 is 1.80 bits per heavy atom. The molecule has 1 saturated heterocycles. The first-order valence-electron chi connectivity index (χ1n) is 7.01. The van der Waals surface area contributed by atoms with E-state index in [0.717, 1.165) is 11.8 Å². The van der Waals surface area contributed by atoms with E-state index in [1.165, 1.54) is 12.1 Å². The Morgan fingerprint density at radius 3 is 2.44 bits per heavy atom. The van der Waals surface area contributed by atoms with Crippen LogP contribution in [0.1, 0.15) is 15.9 Å². The maximum atomic E-state index is 12.1. The minimum atomic E-state index is -0.444. The van der Waals surface area contributed by atoms with Crippen LogP contribution in [0.5, 0.6) is 5.75 Å². The van der Waals surface area contributed by atoms with Gasteiger partial charge in [-0.25, -0.2) is 0 Å². The van der Waals surface area contributed by atoms with E-state index in [-0.39, 0.29) is 26.9 Å². The summed E-state index contributed by atoms with van der Waals surface area (Å²) in [6.07, 6.45) is 1.55. The van der Waals surface area contributed by atoms with Crippen LogP contribution < -0.4 is 5.32 Å². The largest absolute Gasteiger partial charge is 0.505 e. The van der Waals surface area contributed by atoms with Crippen molar-refractivity contribution in [3.8, 4) is 5.75 Å². The molecular formula is C17H10Cl2N2O3S. The number of nitrogens with zero attached hydrogens (tertiary/aromatic N) is 1. The number of benzene rings is 2. The number of amides is 2. The average Bonchev–Trinajstić information content (AvgIpc) is 2.92. The molecule has 0 spiro atoms. The monoisotopic (exact) mass is 392 g/mol. The molecule has 0 aromatic heterocycles. The van der Waals surface area contributed by atoms with Gasteiger partial charge in [0.25, 0.3) is 11.8 Å². The maximum absolute atomic E-state index is 12.1. The zero-order chi connectivity index (χ0) is 18.0. The topological polar surface area (TPSA) is 78.8 Å². The average molecular weight is 393 g/mol. The van der Waals surface area contributed by atoms with E-state index in [9.17, 15) is 14.7 Å². The molecule has 0 atom stereocenters. The highest BCUT2D eigenvalue weighted by Gasteiger charge is 2.25. The number of hydrogen-bond acceptors (Lipinski definition) is 4. The molecule has 2 amide bonds. The molecule has 2 aromatic carbocycles. The van der Waals surface area contributed by atoms with Gasteiger partial charge in [0.05, 0.1) is 15.0 Å². The number of thioether (sulfide) groups is 1. The van der Waals surface area contributed by atoms with Crippen LogP contribution in [0.15, 0.2) is 52.4 Å². The van der Waals surface area contributed by atoms with Crippen molar-refractivity contribution in [2.24, 2.45) is 4.99 Å². The minimum absolute atomic E-state index is 0.0795. The molecule has 126 valence electrons. The summed E-state index contributed by atoms with van der Waals surface area (Å²) in [4.78, 5) is 28.3. The number of rotatable bonds is 2. The summed E-state index contributed by atoms with van der Waals surface area (Å²) in [6, 6.07) is 11.5. The Bertz CT molecular complexity index is 904. The second-order valence-corrected chi connectivity index (χ2v) is 6.83. The number of nitrogens with one attached hydrogen (secondary N) is 1. The molecule has 8 heteroatoms. The quantitative estimate of drug-likeness (QED) is 0.753. The van der Waals surface area contributed by atoms with Gasteiger partial charge in [-0.2, -0.15) is 4.99 Å². The van der Waals surface area contributed by atoms with E-state index < -0.39 is 5.91 Å². The number of carbonyl (C=O) groups is 2. The summed E-state index contributed by atoms with van der Waals surface area (Å²) in [5.41, 5.74) is 0.973. The summed E-state index contributed by atoms with van der Waals surface area (Å²) < 4.78 is 0. The summed E-state index contributed by atoms with van der Waals surface area (Å²) in [5.74, 6) is -1.05. The van der Waals surface area contributed by atoms with Crippen LogP contribution in [-0.2, 0) is 4.79 Å².